The normalized spacial score (nSPS) is 10.2. The molecule has 0 fully saturated rings. The van der Waals surface area contributed by atoms with E-state index in [2.05, 4.69) is 0 Å². The molecule has 4 aromatic carbocycles. The Kier molecular flexibility index (Phi) is 7.25. The number of hydrogen-bond donors (Lipinski definition) is 0. The fourth-order valence-electron chi connectivity index (χ4n) is 3.15. The summed E-state index contributed by atoms with van der Waals surface area (Å²) in [6.45, 7) is 0. The highest BCUT2D eigenvalue weighted by Gasteiger charge is 2.11. The van der Waals surface area contributed by atoms with Crippen molar-refractivity contribution < 1.29 is 9.59 Å². The highest BCUT2D eigenvalue weighted by Crippen LogP contribution is 2.37. The molecule has 0 unspecified atom stereocenters. The number of nitriles is 2. The van der Waals surface area contributed by atoms with Crippen molar-refractivity contribution in [1.82, 2.24) is 0 Å². The van der Waals surface area contributed by atoms with Crippen LogP contribution in [0.2, 0.25) is 0 Å². The molecule has 34 heavy (non-hydrogen) atoms. The Hall–Kier alpha value is -4.10. The van der Waals surface area contributed by atoms with E-state index < -0.39 is 0 Å². The van der Waals surface area contributed by atoms with Crippen molar-refractivity contribution in [2.75, 3.05) is 0 Å². The predicted molar refractivity (Wildman–Crippen MR) is 134 cm³/mol. The molecule has 6 heteroatoms. The molecular weight excluding hydrogens is 460 g/mol. The number of ketones is 2. The summed E-state index contributed by atoms with van der Waals surface area (Å²) >= 11 is 0. The number of benzene rings is 4. The molecule has 4 nitrogen and oxygen atoms in total. The quantitative estimate of drug-likeness (QED) is 0.218. The van der Waals surface area contributed by atoms with Crippen molar-refractivity contribution in [3.8, 4) is 12.1 Å². The average molecular weight is 477 g/mol. The maximum atomic E-state index is 12.6. The first kappa shape index (κ1) is 23.1. The van der Waals surface area contributed by atoms with E-state index in [1.807, 2.05) is 36.4 Å². The largest absolute Gasteiger partial charge is 0.289 e. The van der Waals surface area contributed by atoms with Crippen LogP contribution in [0.5, 0.6) is 0 Å². The summed E-state index contributed by atoms with van der Waals surface area (Å²) in [5.74, 6) is -0.174. The third kappa shape index (κ3) is 5.44. The number of hydrogen-bond acceptors (Lipinski definition) is 6. The van der Waals surface area contributed by atoms with Gasteiger partial charge in [0.2, 0.25) is 0 Å². The van der Waals surface area contributed by atoms with Crippen LogP contribution in [0.3, 0.4) is 0 Å². The lowest BCUT2D eigenvalue weighted by atomic mass is 10.0. The van der Waals surface area contributed by atoms with E-state index in [0.717, 1.165) is 9.79 Å². The van der Waals surface area contributed by atoms with E-state index in [9.17, 15) is 9.59 Å². The van der Waals surface area contributed by atoms with E-state index in [-0.39, 0.29) is 11.6 Å². The third-order valence-electron chi connectivity index (χ3n) is 5.02. The molecule has 0 amide bonds. The molecule has 0 atom stereocenters. The first-order valence-electron chi connectivity index (χ1n) is 10.2. The Morgan fingerprint density at radius 2 is 0.735 bits per heavy atom. The Labute approximate surface area is 205 Å². The van der Waals surface area contributed by atoms with E-state index in [1.54, 1.807) is 94.4 Å². The molecule has 0 heterocycles. The second-order valence-electron chi connectivity index (χ2n) is 7.25. The lowest BCUT2D eigenvalue weighted by Crippen LogP contribution is -2.01. The van der Waals surface area contributed by atoms with Crippen LogP contribution in [0.25, 0.3) is 0 Å². The summed E-state index contributed by atoms with van der Waals surface area (Å²) in [4.78, 5) is 27.2. The summed E-state index contributed by atoms with van der Waals surface area (Å²) in [7, 11) is 3.13. The van der Waals surface area contributed by atoms with Gasteiger partial charge in [-0.2, -0.15) is 10.5 Å². The standard InChI is InChI=1S/C28H16N2O2S2/c29-17-19-1-5-21(6-2-19)27(31)23-9-13-25(14-10-23)33-34-26-15-11-24(12-16-26)28(32)22-7-3-20(18-30)4-8-22/h1-16H. The fraction of sp³-hybridized carbons (Fsp3) is 0. The maximum Gasteiger partial charge on any atom is 0.193 e. The van der Waals surface area contributed by atoms with Crippen LogP contribution in [0.4, 0.5) is 0 Å². The van der Waals surface area contributed by atoms with Gasteiger partial charge in [-0.1, -0.05) is 21.6 Å². The molecule has 0 radical (unpaired) electrons. The van der Waals surface area contributed by atoms with Gasteiger partial charge >= 0.3 is 0 Å². The van der Waals surface area contributed by atoms with Crippen molar-refractivity contribution in [3.63, 3.8) is 0 Å². The van der Waals surface area contributed by atoms with E-state index in [1.165, 1.54) is 0 Å². The van der Waals surface area contributed by atoms with Gasteiger partial charge in [-0.15, -0.1) is 0 Å². The van der Waals surface area contributed by atoms with Crippen molar-refractivity contribution in [2.24, 2.45) is 0 Å². The molecule has 0 N–H and O–H groups in total. The Morgan fingerprint density at radius 3 is 1.00 bits per heavy atom. The van der Waals surface area contributed by atoms with E-state index in [0.29, 0.717) is 33.4 Å². The smallest absolute Gasteiger partial charge is 0.193 e. The van der Waals surface area contributed by atoms with Gasteiger partial charge in [0.15, 0.2) is 11.6 Å². The minimum absolute atomic E-state index is 0.0868. The molecule has 0 bridgehead atoms. The molecule has 0 aliphatic heterocycles. The molecule has 4 rings (SSSR count). The average Bonchev–Trinajstić information content (AvgIpc) is 2.92. The number of carbonyl (C=O) groups excluding carboxylic acids is 2. The lowest BCUT2D eigenvalue weighted by Gasteiger charge is -2.05. The molecule has 0 aromatic heterocycles. The number of nitrogens with zero attached hydrogens (tertiary/aromatic N) is 2. The topological polar surface area (TPSA) is 81.7 Å². The van der Waals surface area contributed by atoms with Crippen LogP contribution in [0.1, 0.15) is 43.0 Å². The van der Waals surface area contributed by atoms with E-state index in [4.69, 9.17) is 10.5 Å². The van der Waals surface area contributed by atoms with Crippen LogP contribution in [-0.2, 0) is 0 Å². The van der Waals surface area contributed by atoms with Crippen molar-refractivity contribution in [1.29, 1.82) is 10.5 Å². The predicted octanol–water partition coefficient (Wildman–Crippen LogP) is 6.69. The zero-order valence-electron chi connectivity index (χ0n) is 17.8. The second kappa shape index (κ2) is 10.7. The van der Waals surface area contributed by atoms with Crippen LogP contribution >= 0.6 is 21.6 Å². The third-order valence-corrected chi connectivity index (χ3v) is 7.44. The minimum Gasteiger partial charge on any atom is -0.289 e. The number of carbonyl (C=O) groups is 2. The summed E-state index contributed by atoms with van der Waals surface area (Å²) in [6, 6.07) is 32.1. The second-order valence-corrected chi connectivity index (χ2v) is 9.53. The monoisotopic (exact) mass is 476 g/mol. The molecule has 4 aromatic rings. The van der Waals surface area contributed by atoms with Gasteiger partial charge in [-0.25, -0.2) is 0 Å². The lowest BCUT2D eigenvalue weighted by molar-refractivity contribution is 0.103. The fourth-order valence-corrected chi connectivity index (χ4v) is 5.08. The Bertz CT molecular complexity index is 1300. The molecule has 0 aliphatic rings. The Balaban J connectivity index is 1.36. The maximum absolute atomic E-state index is 12.6. The van der Waals surface area contributed by atoms with Crippen LogP contribution in [0.15, 0.2) is 107 Å². The zero-order valence-corrected chi connectivity index (χ0v) is 19.4. The van der Waals surface area contributed by atoms with Crippen LogP contribution in [-0.4, -0.2) is 11.6 Å². The van der Waals surface area contributed by atoms with Crippen molar-refractivity contribution >= 4 is 33.2 Å². The molecule has 162 valence electrons. The Morgan fingerprint density at radius 1 is 0.471 bits per heavy atom. The highest BCUT2D eigenvalue weighted by molar-refractivity contribution is 8.76. The minimum atomic E-state index is -0.0868. The van der Waals surface area contributed by atoms with Crippen molar-refractivity contribution in [3.05, 3.63) is 130 Å². The van der Waals surface area contributed by atoms with Gasteiger partial charge in [0, 0.05) is 32.0 Å². The zero-order chi connectivity index (χ0) is 23.9. The van der Waals surface area contributed by atoms with Gasteiger partial charge in [-0.3, -0.25) is 9.59 Å². The first-order valence-corrected chi connectivity index (χ1v) is 12.4. The SMILES string of the molecule is N#Cc1ccc(C(=O)c2ccc(SSc3ccc(C(=O)c4ccc(C#N)cc4)cc3)cc2)cc1. The van der Waals surface area contributed by atoms with Gasteiger partial charge in [0.05, 0.1) is 23.3 Å². The molecular formula is C28H16N2O2S2. The summed E-state index contributed by atoms with van der Waals surface area (Å²) in [5.41, 5.74) is 3.31. The summed E-state index contributed by atoms with van der Waals surface area (Å²) in [5, 5.41) is 17.8. The summed E-state index contributed by atoms with van der Waals surface area (Å²) < 4.78 is 0. The van der Waals surface area contributed by atoms with Gasteiger partial charge in [0.1, 0.15) is 0 Å². The summed E-state index contributed by atoms with van der Waals surface area (Å²) in [6.07, 6.45) is 0. The van der Waals surface area contributed by atoms with E-state index >= 15 is 0 Å². The molecule has 0 saturated carbocycles. The highest BCUT2D eigenvalue weighted by atomic mass is 33.1. The number of rotatable bonds is 7. The molecule has 0 saturated heterocycles. The van der Waals surface area contributed by atoms with Crippen molar-refractivity contribution in [2.45, 2.75) is 9.79 Å². The van der Waals surface area contributed by atoms with Gasteiger partial charge < -0.3 is 0 Å². The first-order chi connectivity index (χ1) is 16.6. The molecule has 0 aliphatic carbocycles. The van der Waals surface area contributed by atoms with Gasteiger partial charge in [-0.05, 0) is 97.1 Å². The van der Waals surface area contributed by atoms with Gasteiger partial charge in [0.25, 0.3) is 0 Å². The van der Waals surface area contributed by atoms with Crippen LogP contribution in [0, 0.1) is 22.7 Å². The van der Waals surface area contributed by atoms with Crippen LogP contribution < -0.4 is 0 Å². The molecule has 0 spiro atoms.